The summed E-state index contributed by atoms with van der Waals surface area (Å²) >= 11 is 0. The molecular weight excluding hydrogens is 348 g/mol. The van der Waals surface area contributed by atoms with Crippen LogP contribution in [-0.4, -0.2) is 40.9 Å². The number of amides is 1. The van der Waals surface area contributed by atoms with Gasteiger partial charge in [-0.25, -0.2) is 22.5 Å². The second-order valence-corrected chi connectivity index (χ2v) is 7.20. The first-order chi connectivity index (χ1) is 11.7. The minimum Gasteiger partial charge on any atom is -0.464 e. The van der Waals surface area contributed by atoms with E-state index in [9.17, 15) is 13.2 Å². The number of nitrogens with two attached hydrogens (primary N) is 1. The Balaban J connectivity index is 2.13. The van der Waals surface area contributed by atoms with Gasteiger partial charge in [0.1, 0.15) is 11.6 Å². The molecule has 0 spiro atoms. The molecule has 0 saturated carbocycles. The van der Waals surface area contributed by atoms with Gasteiger partial charge in [0.2, 0.25) is 15.9 Å². The lowest BCUT2D eigenvalue weighted by Gasteiger charge is -2.13. The van der Waals surface area contributed by atoms with Gasteiger partial charge in [0.05, 0.1) is 11.4 Å². The molecule has 1 heterocycles. The van der Waals surface area contributed by atoms with Gasteiger partial charge >= 0.3 is 6.09 Å². The van der Waals surface area contributed by atoms with E-state index in [2.05, 4.69) is 9.97 Å². The Morgan fingerprint density at radius 2 is 1.92 bits per heavy atom. The first-order valence-electron chi connectivity index (χ1n) is 7.22. The number of hydrogen-bond acceptors (Lipinski definition) is 7. The summed E-state index contributed by atoms with van der Waals surface area (Å²) in [7, 11) is -2.95. The molecule has 0 aliphatic heterocycles. The molecule has 0 saturated heterocycles. The smallest absolute Gasteiger partial charge is 0.420 e. The van der Waals surface area contributed by atoms with Crippen molar-refractivity contribution in [2.24, 2.45) is 5.73 Å². The van der Waals surface area contributed by atoms with Gasteiger partial charge in [0.15, 0.2) is 0 Å². The van der Waals surface area contributed by atoms with Crippen molar-refractivity contribution in [3.63, 3.8) is 0 Å². The number of carboxylic acid groups (broad SMARTS) is 1. The maximum absolute atomic E-state index is 11.9. The third kappa shape index (κ3) is 4.88. The highest BCUT2D eigenvalue weighted by Crippen LogP contribution is 2.21. The van der Waals surface area contributed by atoms with Crippen LogP contribution in [0, 0.1) is 6.92 Å². The summed E-state index contributed by atoms with van der Waals surface area (Å²) < 4.78 is 29.7. The van der Waals surface area contributed by atoms with Crippen molar-refractivity contribution >= 4 is 16.1 Å². The summed E-state index contributed by atoms with van der Waals surface area (Å²) in [4.78, 5) is 19.1. The fourth-order valence-electron chi connectivity index (χ4n) is 1.96. The number of aryl methyl sites for hydroxylation is 1. The Bertz CT molecular complexity index is 868. The quantitative estimate of drug-likeness (QED) is 0.784. The lowest BCUT2D eigenvalue weighted by atomic mass is 10.2. The number of aromatic nitrogens is 2. The largest absolute Gasteiger partial charge is 0.464 e. The van der Waals surface area contributed by atoms with Crippen molar-refractivity contribution in [1.82, 2.24) is 14.3 Å². The zero-order valence-electron chi connectivity index (χ0n) is 13.7. The van der Waals surface area contributed by atoms with Crippen LogP contribution in [-0.2, 0) is 22.3 Å². The number of rotatable bonds is 6. The van der Waals surface area contributed by atoms with Crippen molar-refractivity contribution in [3.8, 4) is 11.6 Å². The molecule has 134 valence electrons. The lowest BCUT2D eigenvalue weighted by Crippen LogP contribution is -2.32. The number of benzene rings is 1. The second-order valence-electron chi connectivity index (χ2n) is 5.20. The standard InChI is InChI=1S/C15H18N4O5S/c1-10-17-12(8-16)7-14(18-10)24-13-5-3-11(4-6-13)9-25(22,23)19(2)15(20)21/h3-7H,8-9,16H2,1-2H3,(H,20,21). The van der Waals surface area contributed by atoms with Gasteiger partial charge in [-0.3, -0.25) is 0 Å². The second kappa shape index (κ2) is 7.45. The number of carbonyl (C=O) groups is 1. The van der Waals surface area contributed by atoms with E-state index in [1.165, 1.54) is 0 Å². The molecule has 0 radical (unpaired) electrons. The van der Waals surface area contributed by atoms with E-state index in [1.807, 2.05) is 0 Å². The van der Waals surface area contributed by atoms with Crippen LogP contribution in [0.3, 0.4) is 0 Å². The van der Waals surface area contributed by atoms with E-state index in [0.717, 1.165) is 7.05 Å². The first-order valence-corrected chi connectivity index (χ1v) is 8.83. The fourth-order valence-corrected chi connectivity index (χ4v) is 3.00. The van der Waals surface area contributed by atoms with Crippen LogP contribution < -0.4 is 10.5 Å². The molecule has 1 aromatic carbocycles. The van der Waals surface area contributed by atoms with Gasteiger partial charge in [-0.15, -0.1) is 0 Å². The van der Waals surface area contributed by atoms with Crippen LogP contribution >= 0.6 is 0 Å². The number of nitrogens with zero attached hydrogens (tertiary/aromatic N) is 3. The van der Waals surface area contributed by atoms with Crippen LogP contribution in [0.1, 0.15) is 17.1 Å². The molecule has 10 heteroatoms. The molecule has 0 aliphatic carbocycles. The molecule has 1 aromatic heterocycles. The van der Waals surface area contributed by atoms with Gasteiger partial charge in [-0.1, -0.05) is 12.1 Å². The summed E-state index contributed by atoms with van der Waals surface area (Å²) in [6.45, 7) is 1.98. The highest BCUT2D eigenvalue weighted by Gasteiger charge is 2.22. The Labute approximate surface area is 145 Å². The zero-order chi connectivity index (χ0) is 18.6. The summed E-state index contributed by atoms with van der Waals surface area (Å²) in [6, 6.07) is 7.85. The summed E-state index contributed by atoms with van der Waals surface area (Å²) in [5.41, 5.74) is 6.63. The van der Waals surface area contributed by atoms with E-state index in [1.54, 1.807) is 37.3 Å². The summed E-state index contributed by atoms with van der Waals surface area (Å²) in [5, 5.41) is 8.77. The lowest BCUT2D eigenvalue weighted by molar-refractivity contribution is 0.178. The van der Waals surface area contributed by atoms with E-state index < -0.39 is 21.9 Å². The maximum atomic E-state index is 11.9. The summed E-state index contributed by atoms with van der Waals surface area (Å²) in [6.07, 6.45) is -1.53. The Morgan fingerprint density at radius 1 is 1.28 bits per heavy atom. The molecule has 0 unspecified atom stereocenters. The molecule has 1 amide bonds. The maximum Gasteiger partial charge on any atom is 0.420 e. The molecule has 0 fully saturated rings. The van der Waals surface area contributed by atoms with Crippen LogP contribution in [0.2, 0.25) is 0 Å². The van der Waals surface area contributed by atoms with Crippen molar-refractivity contribution in [3.05, 3.63) is 47.4 Å². The van der Waals surface area contributed by atoms with Gasteiger partial charge in [0, 0.05) is 19.7 Å². The highest BCUT2D eigenvalue weighted by atomic mass is 32.2. The zero-order valence-corrected chi connectivity index (χ0v) is 14.5. The molecule has 0 bridgehead atoms. The van der Waals surface area contributed by atoms with Crippen molar-refractivity contribution in [1.29, 1.82) is 0 Å². The SMILES string of the molecule is Cc1nc(CN)cc(Oc2ccc(CS(=O)(=O)N(C)C(=O)O)cc2)n1. The summed E-state index contributed by atoms with van der Waals surface area (Å²) in [5.74, 6) is 0.880. The fraction of sp³-hybridized carbons (Fsp3) is 0.267. The molecule has 3 N–H and O–H groups in total. The van der Waals surface area contributed by atoms with E-state index in [0.29, 0.717) is 28.7 Å². The van der Waals surface area contributed by atoms with E-state index in [-0.39, 0.29) is 10.8 Å². The molecule has 0 aliphatic rings. The van der Waals surface area contributed by atoms with Crippen molar-refractivity contribution < 1.29 is 23.1 Å². The van der Waals surface area contributed by atoms with Crippen molar-refractivity contribution in [2.75, 3.05) is 7.05 Å². The predicted molar refractivity (Wildman–Crippen MR) is 89.6 cm³/mol. The van der Waals surface area contributed by atoms with Crippen LogP contribution in [0.25, 0.3) is 0 Å². The van der Waals surface area contributed by atoms with Gasteiger partial charge in [0.25, 0.3) is 0 Å². The molecule has 25 heavy (non-hydrogen) atoms. The predicted octanol–water partition coefficient (Wildman–Crippen LogP) is 1.48. The van der Waals surface area contributed by atoms with Crippen molar-refractivity contribution in [2.45, 2.75) is 19.2 Å². The molecular formula is C15H18N4O5S. The van der Waals surface area contributed by atoms with Crippen LogP contribution in [0.15, 0.2) is 30.3 Å². The topological polar surface area (TPSA) is 136 Å². The molecule has 0 atom stereocenters. The number of ether oxygens (including phenoxy) is 1. The monoisotopic (exact) mass is 366 g/mol. The van der Waals surface area contributed by atoms with Crippen LogP contribution in [0.4, 0.5) is 4.79 Å². The van der Waals surface area contributed by atoms with Gasteiger partial charge < -0.3 is 15.6 Å². The van der Waals surface area contributed by atoms with Gasteiger partial charge in [-0.2, -0.15) is 4.98 Å². The number of hydrogen-bond donors (Lipinski definition) is 2. The molecule has 2 aromatic rings. The minimum atomic E-state index is -3.94. The third-order valence-corrected chi connectivity index (χ3v) is 4.95. The minimum absolute atomic E-state index is 0.258. The normalized spacial score (nSPS) is 11.2. The van der Waals surface area contributed by atoms with E-state index >= 15 is 0 Å². The molecule has 2 rings (SSSR count). The first kappa shape index (κ1) is 18.6. The average molecular weight is 366 g/mol. The number of sulfonamides is 1. The average Bonchev–Trinajstić information content (AvgIpc) is 2.55. The van der Waals surface area contributed by atoms with Gasteiger partial charge in [-0.05, 0) is 24.6 Å². The van der Waals surface area contributed by atoms with Crippen LogP contribution in [0.5, 0.6) is 11.6 Å². The third-order valence-electron chi connectivity index (χ3n) is 3.26. The highest BCUT2D eigenvalue weighted by molar-refractivity contribution is 7.88. The Kier molecular flexibility index (Phi) is 5.55. The Hall–Kier alpha value is -2.72. The Morgan fingerprint density at radius 3 is 2.48 bits per heavy atom. The van der Waals surface area contributed by atoms with E-state index in [4.69, 9.17) is 15.6 Å². The molecule has 9 nitrogen and oxygen atoms in total.